The molecule has 10 heteroatoms. The number of amides is 2. The van der Waals surface area contributed by atoms with E-state index < -0.39 is 18.0 Å². The normalized spacial score (nSPS) is 12.1. The topological polar surface area (TPSA) is 131 Å². The second-order valence-corrected chi connectivity index (χ2v) is 5.73. The van der Waals surface area contributed by atoms with Gasteiger partial charge in [0, 0.05) is 10.0 Å². The average molecular weight is 398 g/mol. The molecule has 24 heavy (non-hydrogen) atoms. The molecular formula is C14H19Cl3N4O3. The molecule has 0 radical (unpaired) electrons. The second kappa shape index (κ2) is 11.0. The first-order valence-corrected chi connectivity index (χ1v) is 7.54. The minimum absolute atomic E-state index is 0. The zero-order valence-electron chi connectivity index (χ0n) is 12.7. The van der Waals surface area contributed by atoms with Crippen LogP contribution in [0.25, 0.3) is 0 Å². The molecule has 1 saturated carbocycles. The lowest BCUT2D eigenvalue weighted by molar-refractivity contribution is -0.119. The molecule has 0 atom stereocenters. The summed E-state index contributed by atoms with van der Waals surface area (Å²) in [6.07, 6.45) is 1.72. The van der Waals surface area contributed by atoms with Gasteiger partial charge in [0.1, 0.15) is 0 Å². The number of carbonyl (C=O) groups is 2. The van der Waals surface area contributed by atoms with Crippen LogP contribution in [0.3, 0.4) is 0 Å². The highest BCUT2D eigenvalue weighted by atomic mass is 35.5. The van der Waals surface area contributed by atoms with Crippen LogP contribution >= 0.6 is 35.6 Å². The summed E-state index contributed by atoms with van der Waals surface area (Å²) in [6, 6.07) is 4.98. The third kappa shape index (κ3) is 9.44. The van der Waals surface area contributed by atoms with Crippen molar-refractivity contribution in [1.29, 1.82) is 5.41 Å². The van der Waals surface area contributed by atoms with Crippen molar-refractivity contribution in [3.8, 4) is 0 Å². The number of rotatable bonds is 4. The Bertz CT molecular complexity index is 574. The van der Waals surface area contributed by atoms with Crippen molar-refractivity contribution < 1.29 is 14.3 Å². The van der Waals surface area contributed by atoms with Crippen molar-refractivity contribution in [2.75, 3.05) is 6.61 Å². The number of hydrogen-bond acceptors (Lipinski definition) is 4. The molecule has 134 valence electrons. The number of nitrogens with two attached hydrogens (primary N) is 2. The van der Waals surface area contributed by atoms with Gasteiger partial charge in [-0.1, -0.05) is 29.3 Å². The minimum Gasteiger partial charge on any atom is -0.449 e. The van der Waals surface area contributed by atoms with E-state index in [1.54, 1.807) is 18.2 Å². The van der Waals surface area contributed by atoms with Gasteiger partial charge in [-0.3, -0.25) is 15.5 Å². The zero-order valence-corrected chi connectivity index (χ0v) is 15.0. The summed E-state index contributed by atoms with van der Waals surface area (Å²) in [5.74, 6) is -0.205. The maximum atomic E-state index is 11.3. The molecule has 1 fully saturated rings. The van der Waals surface area contributed by atoms with Crippen molar-refractivity contribution in [2.45, 2.75) is 19.3 Å². The fourth-order valence-corrected chi connectivity index (χ4v) is 2.07. The van der Waals surface area contributed by atoms with Crippen LogP contribution in [0.1, 0.15) is 18.4 Å². The Kier molecular flexibility index (Phi) is 10.2. The summed E-state index contributed by atoms with van der Waals surface area (Å²) in [5.41, 5.74) is 10.2. The van der Waals surface area contributed by atoms with E-state index in [9.17, 15) is 9.59 Å². The molecule has 0 spiro atoms. The first-order valence-electron chi connectivity index (χ1n) is 6.78. The third-order valence-corrected chi connectivity index (χ3v) is 3.54. The summed E-state index contributed by atoms with van der Waals surface area (Å²) in [6.45, 7) is 0.523. The van der Waals surface area contributed by atoms with Crippen LogP contribution in [-0.4, -0.2) is 24.6 Å². The molecule has 7 nitrogen and oxygen atoms in total. The SMILES string of the molecule is Cl.N=C(N)NC(=O)Cc1c(Cl)cccc1Cl.NC(=O)OCC1CC1. The van der Waals surface area contributed by atoms with Gasteiger partial charge < -0.3 is 16.2 Å². The molecule has 1 aromatic rings. The van der Waals surface area contributed by atoms with E-state index in [0.29, 0.717) is 28.1 Å². The van der Waals surface area contributed by atoms with Gasteiger partial charge in [-0.05, 0) is 36.5 Å². The number of nitrogens with one attached hydrogen (secondary N) is 2. The molecule has 0 aliphatic heterocycles. The summed E-state index contributed by atoms with van der Waals surface area (Å²) >= 11 is 11.7. The Hall–Kier alpha value is -1.70. The number of guanidine groups is 1. The fourth-order valence-electron chi connectivity index (χ4n) is 1.54. The monoisotopic (exact) mass is 396 g/mol. The van der Waals surface area contributed by atoms with Gasteiger partial charge in [0.15, 0.2) is 5.96 Å². The lowest BCUT2D eigenvalue weighted by Gasteiger charge is -2.06. The van der Waals surface area contributed by atoms with Crippen LogP contribution in [0.5, 0.6) is 0 Å². The van der Waals surface area contributed by atoms with Crippen LogP contribution in [0.15, 0.2) is 18.2 Å². The number of hydrogen-bond donors (Lipinski definition) is 4. The number of ether oxygens (including phenoxy) is 1. The average Bonchev–Trinajstić information content (AvgIpc) is 3.25. The smallest absolute Gasteiger partial charge is 0.404 e. The Morgan fingerprint density at radius 1 is 1.25 bits per heavy atom. The predicted molar refractivity (Wildman–Crippen MR) is 95.7 cm³/mol. The zero-order chi connectivity index (χ0) is 17.4. The summed E-state index contributed by atoms with van der Waals surface area (Å²) < 4.78 is 4.50. The molecule has 0 heterocycles. The Morgan fingerprint density at radius 3 is 2.21 bits per heavy atom. The van der Waals surface area contributed by atoms with Crippen LogP contribution in [0.4, 0.5) is 4.79 Å². The molecule has 0 bridgehead atoms. The molecule has 2 rings (SSSR count). The first-order chi connectivity index (χ1) is 10.8. The lowest BCUT2D eigenvalue weighted by atomic mass is 10.1. The number of halogens is 3. The van der Waals surface area contributed by atoms with Crippen molar-refractivity contribution in [1.82, 2.24) is 5.32 Å². The Morgan fingerprint density at radius 2 is 1.79 bits per heavy atom. The van der Waals surface area contributed by atoms with E-state index in [2.05, 4.69) is 10.1 Å². The van der Waals surface area contributed by atoms with E-state index in [1.807, 2.05) is 0 Å². The standard InChI is InChI=1S/C9H9Cl2N3O.C5H9NO2.ClH/c10-6-2-1-3-7(11)5(6)4-8(15)14-9(12)13;6-5(7)8-3-4-1-2-4;/h1-3H,4H2,(H4,12,13,14,15);4H,1-3H2,(H2,6,7);1H. The van der Waals surface area contributed by atoms with Crippen molar-refractivity contribution in [3.05, 3.63) is 33.8 Å². The van der Waals surface area contributed by atoms with E-state index in [-0.39, 0.29) is 18.8 Å². The van der Waals surface area contributed by atoms with Gasteiger partial charge in [0.25, 0.3) is 0 Å². The molecule has 2 amide bonds. The largest absolute Gasteiger partial charge is 0.449 e. The van der Waals surface area contributed by atoms with Gasteiger partial charge in [-0.15, -0.1) is 12.4 Å². The van der Waals surface area contributed by atoms with Gasteiger partial charge in [-0.25, -0.2) is 4.79 Å². The third-order valence-electron chi connectivity index (χ3n) is 2.83. The summed E-state index contributed by atoms with van der Waals surface area (Å²) in [7, 11) is 0. The predicted octanol–water partition coefficient (Wildman–Crippen LogP) is 2.46. The van der Waals surface area contributed by atoms with Crippen LogP contribution in [-0.2, 0) is 16.0 Å². The van der Waals surface area contributed by atoms with E-state index >= 15 is 0 Å². The van der Waals surface area contributed by atoms with Crippen molar-refractivity contribution in [3.63, 3.8) is 0 Å². The molecule has 1 aromatic carbocycles. The quantitative estimate of drug-likeness (QED) is 0.459. The number of benzene rings is 1. The van der Waals surface area contributed by atoms with Crippen LogP contribution in [0.2, 0.25) is 10.0 Å². The molecule has 1 aliphatic rings. The summed E-state index contributed by atoms with van der Waals surface area (Å²) in [5, 5.41) is 9.86. The number of primary amides is 1. The molecule has 1 aliphatic carbocycles. The van der Waals surface area contributed by atoms with E-state index in [4.69, 9.17) is 40.1 Å². The highest BCUT2D eigenvalue weighted by Crippen LogP contribution is 2.28. The Labute approximate surface area is 155 Å². The van der Waals surface area contributed by atoms with Gasteiger partial charge in [-0.2, -0.15) is 0 Å². The first kappa shape index (κ1) is 22.3. The molecule has 0 unspecified atom stereocenters. The lowest BCUT2D eigenvalue weighted by Crippen LogP contribution is -2.36. The van der Waals surface area contributed by atoms with Gasteiger partial charge in [0.05, 0.1) is 13.0 Å². The van der Waals surface area contributed by atoms with E-state index in [1.165, 1.54) is 12.8 Å². The second-order valence-electron chi connectivity index (χ2n) is 4.91. The van der Waals surface area contributed by atoms with Gasteiger partial charge in [0.2, 0.25) is 5.91 Å². The molecular weight excluding hydrogens is 379 g/mol. The minimum atomic E-state index is -0.656. The van der Waals surface area contributed by atoms with Gasteiger partial charge >= 0.3 is 6.09 Å². The van der Waals surface area contributed by atoms with Crippen molar-refractivity contribution >= 4 is 53.6 Å². The van der Waals surface area contributed by atoms with Crippen LogP contribution < -0.4 is 16.8 Å². The van der Waals surface area contributed by atoms with Crippen LogP contribution in [0, 0.1) is 11.3 Å². The number of carbonyl (C=O) groups excluding carboxylic acids is 2. The maximum absolute atomic E-state index is 11.3. The highest BCUT2D eigenvalue weighted by Gasteiger charge is 2.22. The summed E-state index contributed by atoms with van der Waals surface area (Å²) in [4.78, 5) is 21.2. The Balaban J connectivity index is 0.000000498. The maximum Gasteiger partial charge on any atom is 0.404 e. The molecule has 0 saturated heterocycles. The van der Waals surface area contributed by atoms with E-state index in [0.717, 1.165) is 0 Å². The fraction of sp³-hybridized carbons (Fsp3) is 0.357. The highest BCUT2D eigenvalue weighted by molar-refractivity contribution is 6.36. The molecule has 0 aromatic heterocycles. The van der Waals surface area contributed by atoms with Crippen molar-refractivity contribution in [2.24, 2.45) is 17.4 Å². The molecule has 6 N–H and O–H groups in total.